The van der Waals surface area contributed by atoms with Crippen LogP contribution in [0.5, 0.6) is 0 Å². The summed E-state index contributed by atoms with van der Waals surface area (Å²) in [6.45, 7) is 3.60. The zero-order chi connectivity index (χ0) is 22.1. The predicted molar refractivity (Wildman–Crippen MR) is 118 cm³/mol. The van der Waals surface area contributed by atoms with Crippen molar-refractivity contribution in [3.8, 4) is 0 Å². The van der Waals surface area contributed by atoms with E-state index in [1.807, 2.05) is 12.1 Å². The van der Waals surface area contributed by atoms with E-state index < -0.39 is 17.8 Å². The van der Waals surface area contributed by atoms with Gasteiger partial charge in [-0.05, 0) is 55.3 Å². The lowest BCUT2D eigenvalue weighted by Gasteiger charge is -2.24. The smallest absolute Gasteiger partial charge is 0.338 e. The number of aromatic nitrogens is 1. The number of esters is 1. The molecule has 31 heavy (non-hydrogen) atoms. The molecule has 3 aromatic rings. The zero-order valence-corrected chi connectivity index (χ0v) is 18.3. The average molecular weight is 457 g/mol. The molecule has 2 heterocycles. The Morgan fingerprint density at radius 2 is 1.90 bits per heavy atom. The number of fused-ring (bicyclic) bond motifs is 1. The van der Waals surface area contributed by atoms with Gasteiger partial charge < -0.3 is 4.74 Å². The molecule has 2 aromatic carbocycles. The highest BCUT2D eigenvalue weighted by Crippen LogP contribution is 2.30. The van der Waals surface area contributed by atoms with Crippen LogP contribution in [0.2, 0.25) is 5.02 Å². The van der Waals surface area contributed by atoms with Crippen molar-refractivity contribution >= 4 is 35.0 Å². The molecule has 4 rings (SSSR count). The van der Waals surface area contributed by atoms with Gasteiger partial charge in [-0.1, -0.05) is 47.2 Å². The van der Waals surface area contributed by atoms with E-state index >= 15 is 0 Å². The molecule has 0 unspecified atom stereocenters. The van der Waals surface area contributed by atoms with Crippen LogP contribution >= 0.6 is 22.9 Å². The number of hydrogen-bond donors (Lipinski definition) is 0. The lowest BCUT2D eigenvalue weighted by molar-refractivity contribution is -0.139. The Bertz CT molecular complexity index is 1360. The maximum absolute atomic E-state index is 13.6. The number of carbonyl (C=O) groups is 1. The third-order valence-electron chi connectivity index (χ3n) is 4.87. The Hall–Kier alpha value is -3.03. The second kappa shape index (κ2) is 8.61. The fourth-order valence-corrected chi connectivity index (χ4v) is 4.63. The Balaban J connectivity index is 1.94. The molecule has 0 saturated carbocycles. The molecule has 0 spiro atoms. The molecular formula is C23H18ClFN2O3S. The van der Waals surface area contributed by atoms with Gasteiger partial charge in [-0.3, -0.25) is 9.36 Å². The first kappa shape index (κ1) is 21.2. The minimum absolute atomic E-state index is 0.187. The van der Waals surface area contributed by atoms with E-state index in [0.717, 1.165) is 5.56 Å². The number of benzene rings is 2. The standard InChI is InChI=1S/C23H18ClFN2O3S/c1-3-30-22(29)19-13(2)26-23-27(20(19)15-6-10-17(25)11-7-15)21(28)18(31-23)12-14-4-8-16(24)9-5-14/h4-12,20H,3H2,1-2H3/b18-12+/t20-/m1/s1. The van der Waals surface area contributed by atoms with E-state index in [1.54, 1.807) is 44.2 Å². The number of thiazole rings is 1. The van der Waals surface area contributed by atoms with E-state index in [2.05, 4.69) is 4.99 Å². The molecule has 1 atom stereocenters. The van der Waals surface area contributed by atoms with Gasteiger partial charge in [0.05, 0.1) is 28.5 Å². The summed E-state index contributed by atoms with van der Waals surface area (Å²) in [7, 11) is 0. The lowest BCUT2D eigenvalue weighted by atomic mass is 9.96. The number of hydrogen-bond acceptors (Lipinski definition) is 5. The SMILES string of the molecule is CCOC(=O)C1=C(C)N=c2s/c(=C/c3ccc(Cl)cc3)c(=O)n2[C@@H]1c1ccc(F)cc1. The fraction of sp³-hybridized carbons (Fsp3) is 0.174. The molecule has 0 saturated heterocycles. The molecule has 0 radical (unpaired) electrons. The summed E-state index contributed by atoms with van der Waals surface area (Å²) in [6.07, 6.45) is 1.76. The van der Waals surface area contributed by atoms with Gasteiger partial charge in [-0.2, -0.15) is 0 Å². The summed E-state index contributed by atoms with van der Waals surface area (Å²) in [6, 6.07) is 12.1. The van der Waals surface area contributed by atoms with Crippen LogP contribution in [0.3, 0.4) is 0 Å². The highest BCUT2D eigenvalue weighted by molar-refractivity contribution is 7.07. The molecule has 1 aliphatic heterocycles. The van der Waals surface area contributed by atoms with Crippen LogP contribution in [0, 0.1) is 5.82 Å². The molecule has 158 valence electrons. The lowest BCUT2D eigenvalue weighted by Crippen LogP contribution is -2.39. The number of rotatable bonds is 4. The molecule has 0 bridgehead atoms. The molecule has 1 aromatic heterocycles. The number of halogens is 2. The van der Waals surface area contributed by atoms with Crippen molar-refractivity contribution in [2.45, 2.75) is 19.9 Å². The minimum Gasteiger partial charge on any atom is -0.463 e. The average Bonchev–Trinajstić information content (AvgIpc) is 3.04. The molecule has 0 aliphatic carbocycles. The van der Waals surface area contributed by atoms with Crippen LogP contribution in [0.1, 0.15) is 31.0 Å². The van der Waals surface area contributed by atoms with Crippen molar-refractivity contribution in [2.75, 3.05) is 6.61 Å². The number of allylic oxidation sites excluding steroid dienone is 1. The van der Waals surface area contributed by atoms with Gasteiger partial charge >= 0.3 is 5.97 Å². The van der Waals surface area contributed by atoms with Crippen molar-refractivity contribution in [1.82, 2.24) is 4.57 Å². The second-order valence-electron chi connectivity index (χ2n) is 6.91. The van der Waals surface area contributed by atoms with Gasteiger partial charge in [-0.25, -0.2) is 14.2 Å². The number of carbonyl (C=O) groups excluding carboxylic acids is 1. The van der Waals surface area contributed by atoms with Gasteiger partial charge in [0.25, 0.3) is 5.56 Å². The topological polar surface area (TPSA) is 60.7 Å². The fourth-order valence-electron chi connectivity index (χ4n) is 3.46. The highest BCUT2D eigenvalue weighted by atomic mass is 35.5. The van der Waals surface area contributed by atoms with Gasteiger partial charge in [0.2, 0.25) is 0 Å². The predicted octanol–water partition coefficient (Wildman–Crippen LogP) is 3.59. The summed E-state index contributed by atoms with van der Waals surface area (Å²) in [5.74, 6) is -0.956. The Morgan fingerprint density at radius 1 is 1.23 bits per heavy atom. The van der Waals surface area contributed by atoms with Crippen molar-refractivity contribution in [3.63, 3.8) is 0 Å². The van der Waals surface area contributed by atoms with E-state index in [9.17, 15) is 14.0 Å². The normalized spacial score (nSPS) is 16.1. The Morgan fingerprint density at radius 3 is 2.55 bits per heavy atom. The van der Waals surface area contributed by atoms with Gasteiger partial charge in [0.15, 0.2) is 4.80 Å². The number of nitrogens with zero attached hydrogens (tertiary/aromatic N) is 2. The molecule has 8 heteroatoms. The van der Waals surface area contributed by atoms with E-state index in [-0.39, 0.29) is 17.7 Å². The number of ether oxygens (including phenoxy) is 1. The molecular weight excluding hydrogens is 439 g/mol. The first-order chi connectivity index (χ1) is 14.9. The first-order valence-corrected chi connectivity index (χ1v) is 10.8. The van der Waals surface area contributed by atoms with Crippen molar-refractivity contribution in [3.05, 3.63) is 101 Å². The molecule has 0 fully saturated rings. The molecule has 5 nitrogen and oxygen atoms in total. The van der Waals surface area contributed by atoms with Gasteiger partial charge in [-0.15, -0.1) is 0 Å². The summed E-state index contributed by atoms with van der Waals surface area (Å²) < 4.78 is 20.7. The van der Waals surface area contributed by atoms with Crippen LogP contribution in [-0.4, -0.2) is 17.1 Å². The zero-order valence-electron chi connectivity index (χ0n) is 16.8. The summed E-state index contributed by atoms with van der Waals surface area (Å²) >= 11 is 7.17. The van der Waals surface area contributed by atoms with E-state index in [0.29, 0.717) is 25.6 Å². The van der Waals surface area contributed by atoms with Crippen LogP contribution in [0.4, 0.5) is 4.39 Å². The monoisotopic (exact) mass is 456 g/mol. The van der Waals surface area contributed by atoms with Crippen molar-refractivity contribution < 1.29 is 13.9 Å². The van der Waals surface area contributed by atoms with Crippen molar-refractivity contribution in [1.29, 1.82) is 0 Å². The van der Waals surface area contributed by atoms with Crippen molar-refractivity contribution in [2.24, 2.45) is 4.99 Å². The summed E-state index contributed by atoms with van der Waals surface area (Å²) in [5, 5.41) is 0.602. The maximum atomic E-state index is 13.6. The molecule has 0 amide bonds. The van der Waals surface area contributed by atoms with Crippen LogP contribution in [-0.2, 0) is 9.53 Å². The van der Waals surface area contributed by atoms with Crippen LogP contribution in [0.25, 0.3) is 6.08 Å². The van der Waals surface area contributed by atoms with E-state index in [1.165, 1.54) is 28.0 Å². The minimum atomic E-state index is -0.761. The Kier molecular flexibility index (Phi) is 5.89. The van der Waals surface area contributed by atoms with E-state index in [4.69, 9.17) is 16.3 Å². The molecule has 0 N–H and O–H groups in total. The Labute approximate surface area is 186 Å². The molecule has 1 aliphatic rings. The second-order valence-corrected chi connectivity index (χ2v) is 8.35. The first-order valence-electron chi connectivity index (χ1n) is 9.59. The summed E-state index contributed by atoms with van der Waals surface area (Å²) in [5.41, 5.74) is 1.85. The third-order valence-corrected chi connectivity index (χ3v) is 6.11. The summed E-state index contributed by atoms with van der Waals surface area (Å²) in [4.78, 5) is 31.1. The van der Waals surface area contributed by atoms with Gasteiger partial charge in [0, 0.05) is 5.02 Å². The third kappa shape index (κ3) is 4.11. The maximum Gasteiger partial charge on any atom is 0.338 e. The highest BCUT2D eigenvalue weighted by Gasteiger charge is 2.33. The van der Waals surface area contributed by atoms with Crippen LogP contribution in [0.15, 0.2) is 69.6 Å². The van der Waals surface area contributed by atoms with Gasteiger partial charge in [0.1, 0.15) is 5.82 Å². The quantitative estimate of drug-likeness (QED) is 0.564. The largest absolute Gasteiger partial charge is 0.463 e. The van der Waals surface area contributed by atoms with Crippen LogP contribution < -0.4 is 14.9 Å².